The van der Waals surface area contributed by atoms with Crippen LogP contribution in [0.1, 0.15) is 58.8 Å². The van der Waals surface area contributed by atoms with Crippen molar-refractivity contribution in [2.24, 2.45) is 11.8 Å². The Kier molecular flexibility index (Phi) is 5.58. The molecular formula is C20H31NO2. The normalized spacial score (nSPS) is 35.7. The van der Waals surface area contributed by atoms with Crippen molar-refractivity contribution in [3.8, 4) is 0 Å². The molecule has 2 heterocycles. The second-order valence-electron chi connectivity index (χ2n) is 7.67. The van der Waals surface area contributed by atoms with E-state index in [0.29, 0.717) is 5.92 Å². The zero-order chi connectivity index (χ0) is 16.2. The number of hydrogen-bond acceptors (Lipinski definition) is 3. The van der Waals surface area contributed by atoms with Crippen LogP contribution in [0, 0.1) is 11.8 Å². The molecule has 0 unspecified atom stereocenters. The van der Waals surface area contributed by atoms with Crippen LogP contribution < -0.4 is 0 Å². The van der Waals surface area contributed by atoms with Crippen LogP contribution >= 0.6 is 0 Å². The Labute approximate surface area is 140 Å². The maximum atomic E-state index is 12.5. The number of likely N-dealkylation sites (tertiary alicyclic amines) is 1. The molecule has 0 aromatic rings. The van der Waals surface area contributed by atoms with Crippen LogP contribution in [-0.2, 0) is 9.53 Å². The molecule has 23 heavy (non-hydrogen) atoms. The topological polar surface area (TPSA) is 29.5 Å². The number of rotatable bonds is 2. The summed E-state index contributed by atoms with van der Waals surface area (Å²) in [7, 11) is 0. The van der Waals surface area contributed by atoms with Crippen molar-refractivity contribution in [3.05, 3.63) is 23.3 Å². The third-order valence-electron chi connectivity index (χ3n) is 5.75. The number of carbonyl (C=O) groups excluding carboxylic acids is 1. The van der Waals surface area contributed by atoms with Gasteiger partial charge in [0, 0.05) is 12.5 Å². The summed E-state index contributed by atoms with van der Waals surface area (Å²) < 4.78 is 5.80. The van der Waals surface area contributed by atoms with Gasteiger partial charge in [-0.3, -0.25) is 4.79 Å². The highest BCUT2D eigenvalue weighted by Crippen LogP contribution is 2.36. The molecule has 0 radical (unpaired) electrons. The van der Waals surface area contributed by atoms with E-state index < -0.39 is 0 Å². The van der Waals surface area contributed by atoms with Gasteiger partial charge in [0.05, 0.1) is 5.92 Å². The Hall–Kier alpha value is -1.09. The predicted octanol–water partition coefficient (Wildman–Crippen LogP) is 4.10. The standard InChI is InChI=1S/C20H31NO2/c1-15-7-6-8-16(2)13-19-17(10-9-15)18(20(22)23-19)14-21-11-4-3-5-12-21/h7,13,17-19H,3-6,8-12,14H2,1-2H3/b15-7+,16-13?/t17-,18+,19+/m1/s1. The molecule has 0 aromatic heterocycles. The fourth-order valence-corrected chi connectivity index (χ4v) is 4.27. The first kappa shape index (κ1) is 16.8. The first-order valence-corrected chi connectivity index (χ1v) is 9.39. The molecule has 3 aliphatic rings. The molecule has 2 aliphatic heterocycles. The lowest BCUT2D eigenvalue weighted by atomic mass is 9.83. The molecule has 0 bridgehead atoms. The Morgan fingerprint density at radius 2 is 1.91 bits per heavy atom. The van der Waals surface area contributed by atoms with Crippen LogP contribution in [-0.4, -0.2) is 36.6 Å². The molecule has 3 nitrogen and oxygen atoms in total. The maximum absolute atomic E-state index is 12.5. The number of fused-ring (bicyclic) bond motifs is 1. The van der Waals surface area contributed by atoms with Crippen molar-refractivity contribution < 1.29 is 9.53 Å². The number of esters is 1. The van der Waals surface area contributed by atoms with Crippen LogP contribution in [0.3, 0.4) is 0 Å². The summed E-state index contributed by atoms with van der Waals surface area (Å²) in [6.07, 6.45) is 12.8. The molecule has 3 atom stereocenters. The van der Waals surface area contributed by atoms with Gasteiger partial charge in [-0.25, -0.2) is 0 Å². The van der Waals surface area contributed by atoms with Crippen LogP contribution in [0.25, 0.3) is 0 Å². The summed E-state index contributed by atoms with van der Waals surface area (Å²) >= 11 is 0. The van der Waals surface area contributed by atoms with Crippen LogP contribution in [0.5, 0.6) is 0 Å². The smallest absolute Gasteiger partial charge is 0.311 e. The maximum Gasteiger partial charge on any atom is 0.311 e. The minimum absolute atomic E-state index is 0.00295. The average Bonchev–Trinajstić information content (AvgIpc) is 2.81. The van der Waals surface area contributed by atoms with Gasteiger partial charge in [-0.1, -0.05) is 23.6 Å². The molecule has 0 amide bonds. The van der Waals surface area contributed by atoms with E-state index in [9.17, 15) is 4.79 Å². The Morgan fingerprint density at radius 1 is 1.13 bits per heavy atom. The summed E-state index contributed by atoms with van der Waals surface area (Å²) in [6.45, 7) is 7.60. The number of allylic oxidation sites excluding steroid dienone is 3. The minimum Gasteiger partial charge on any atom is -0.458 e. The van der Waals surface area contributed by atoms with E-state index in [1.165, 1.54) is 30.4 Å². The van der Waals surface area contributed by atoms with E-state index in [4.69, 9.17) is 4.74 Å². The van der Waals surface area contributed by atoms with Crippen molar-refractivity contribution >= 4 is 5.97 Å². The van der Waals surface area contributed by atoms with Gasteiger partial charge >= 0.3 is 5.97 Å². The third-order valence-corrected chi connectivity index (χ3v) is 5.75. The minimum atomic E-state index is 0.00295. The van der Waals surface area contributed by atoms with Crippen molar-refractivity contribution in [1.82, 2.24) is 4.90 Å². The van der Waals surface area contributed by atoms with Gasteiger partial charge in [-0.15, -0.1) is 0 Å². The fourth-order valence-electron chi connectivity index (χ4n) is 4.27. The fraction of sp³-hybridized carbons (Fsp3) is 0.750. The van der Waals surface area contributed by atoms with E-state index >= 15 is 0 Å². The van der Waals surface area contributed by atoms with Crippen LogP contribution in [0.15, 0.2) is 23.3 Å². The Morgan fingerprint density at radius 3 is 2.70 bits per heavy atom. The highest BCUT2D eigenvalue weighted by atomic mass is 16.6. The lowest BCUT2D eigenvalue weighted by Crippen LogP contribution is -2.38. The van der Waals surface area contributed by atoms with E-state index in [1.54, 1.807) is 0 Å². The predicted molar refractivity (Wildman–Crippen MR) is 93.1 cm³/mol. The summed E-state index contributed by atoms with van der Waals surface area (Å²) in [5, 5.41) is 0. The molecule has 0 saturated carbocycles. The molecule has 2 fully saturated rings. The van der Waals surface area contributed by atoms with E-state index in [1.807, 2.05) is 0 Å². The van der Waals surface area contributed by atoms with Crippen molar-refractivity contribution in [2.75, 3.05) is 19.6 Å². The molecule has 1 aliphatic carbocycles. The highest BCUT2D eigenvalue weighted by Gasteiger charge is 2.43. The van der Waals surface area contributed by atoms with Crippen molar-refractivity contribution in [3.63, 3.8) is 0 Å². The number of carbonyl (C=O) groups is 1. The van der Waals surface area contributed by atoms with Gasteiger partial charge in [0.25, 0.3) is 0 Å². The Bertz CT molecular complexity index is 488. The van der Waals surface area contributed by atoms with E-state index in [0.717, 1.165) is 45.3 Å². The van der Waals surface area contributed by atoms with Crippen molar-refractivity contribution in [2.45, 2.75) is 64.9 Å². The molecule has 0 N–H and O–H groups in total. The zero-order valence-electron chi connectivity index (χ0n) is 14.7. The van der Waals surface area contributed by atoms with Gasteiger partial charge < -0.3 is 9.64 Å². The molecule has 3 rings (SSSR count). The largest absolute Gasteiger partial charge is 0.458 e. The van der Waals surface area contributed by atoms with E-state index in [2.05, 4.69) is 30.9 Å². The molecule has 0 spiro atoms. The summed E-state index contributed by atoms with van der Waals surface area (Å²) in [4.78, 5) is 15.0. The monoisotopic (exact) mass is 317 g/mol. The molecule has 3 heteroatoms. The SMILES string of the molecule is CC1=C[C@@H]2OC(=O)[C@@H](CN3CCCCC3)[C@H]2CC/C(C)=C/CC1. The van der Waals surface area contributed by atoms with Gasteiger partial charge in [0.1, 0.15) is 6.10 Å². The quantitative estimate of drug-likeness (QED) is 0.567. The lowest BCUT2D eigenvalue weighted by molar-refractivity contribution is -0.143. The van der Waals surface area contributed by atoms with Gasteiger partial charge in [0.2, 0.25) is 0 Å². The number of hydrogen-bond donors (Lipinski definition) is 0. The molecular weight excluding hydrogens is 286 g/mol. The van der Waals surface area contributed by atoms with E-state index in [-0.39, 0.29) is 18.0 Å². The van der Waals surface area contributed by atoms with Gasteiger partial charge in [0.15, 0.2) is 0 Å². The van der Waals surface area contributed by atoms with Gasteiger partial charge in [-0.2, -0.15) is 0 Å². The Balaban J connectivity index is 1.74. The number of piperidine rings is 1. The third kappa shape index (κ3) is 4.26. The molecule has 128 valence electrons. The van der Waals surface area contributed by atoms with Crippen molar-refractivity contribution in [1.29, 1.82) is 0 Å². The van der Waals surface area contributed by atoms with Gasteiger partial charge in [-0.05, 0) is 71.5 Å². The second-order valence-corrected chi connectivity index (χ2v) is 7.67. The molecule has 0 aromatic carbocycles. The first-order chi connectivity index (χ1) is 11.1. The second kappa shape index (κ2) is 7.65. The lowest BCUT2D eigenvalue weighted by Gasteiger charge is -2.30. The number of ether oxygens (including phenoxy) is 1. The average molecular weight is 317 g/mol. The zero-order valence-corrected chi connectivity index (χ0v) is 14.7. The van der Waals surface area contributed by atoms with Crippen LogP contribution in [0.2, 0.25) is 0 Å². The first-order valence-electron chi connectivity index (χ1n) is 9.39. The number of nitrogens with zero attached hydrogens (tertiary/aromatic N) is 1. The highest BCUT2D eigenvalue weighted by molar-refractivity contribution is 5.76. The molecule has 2 saturated heterocycles. The summed E-state index contributed by atoms with van der Waals surface area (Å²) in [5.41, 5.74) is 2.83. The summed E-state index contributed by atoms with van der Waals surface area (Å²) in [6, 6.07) is 0. The van der Waals surface area contributed by atoms with Crippen LogP contribution in [0.4, 0.5) is 0 Å². The summed E-state index contributed by atoms with van der Waals surface area (Å²) in [5.74, 6) is 0.450.